The van der Waals surface area contributed by atoms with E-state index in [4.69, 9.17) is 9.73 Å². The number of likely N-dealkylation sites (tertiary alicyclic amines) is 1. The average molecular weight is 503 g/mol. The molecule has 0 bridgehead atoms. The maximum absolute atomic E-state index is 13.0. The molecule has 168 valence electrons. The lowest BCUT2D eigenvalue weighted by Crippen LogP contribution is -2.45. The third-order valence-electron chi connectivity index (χ3n) is 6.94. The maximum atomic E-state index is 13.0. The molecule has 1 aliphatic carbocycles. The fourth-order valence-electron chi connectivity index (χ4n) is 5.32. The van der Waals surface area contributed by atoms with E-state index in [-0.39, 0.29) is 12.1 Å². The van der Waals surface area contributed by atoms with Gasteiger partial charge in [0.05, 0.1) is 11.7 Å². The van der Waals surface area contributed by atoms with Crippen LogP contribution in [0.1, 0.15) is 39.2 Å². The summed E-state index contributed by atoms with van der Waals surface area (Å²) in [5, 5.41) is 2.45. The highest BCUT2D eigenvalue weighted by Crippen LogP contribution is 2.50. The number of piperidine rings is 1. The molecule has 33 heavy (non-hydrogen) atoms. The Bertz CT molecular complexity index is 1320. The van der Waals surface area contributed by atoms with Crippen molar-refractivity contribution in [2.45, 2.75) is 57.7 Å². The Morgan fingerprint density at radius 2 is 1.73 bits per heavy atom. The number of carbonyl (C=O) groups excluding carboxylic acids is 1. The number of fused-ring (bicyclic) bond motifs is 3. The lowest BCUT2D eigenvalue weighted by atomic mass is 9.97. The van der Waals surface area contributed by atoms with Crippen molar-refractivity contribution in [1.29, 1.82) is 0 Å². The van der Waals surface area contributed by atoms with Gasteiger partial charge in [0.15, 0.2) is 0 Å². The molecule has 3 atom stereocenters. The molecule has 6 rings (SSSR count). The van der Waals surface area contributed by atoms with E-state index in [1.54, 1.807) is 0 Å². The van der Waals surface area contributed by atoms with Crippen LogP contribution in [0.5, 0.6) is 0 Å². The lowest BCUT2D eigenvalue weighted by Gasteiger charge is -2.30. The lowest BCUT2D eigenvalue weighted by molar-refractivity contribution is 0.0230. The van der Waals surface area contributed by atoms with Gasteiger partial charge in [0.2, 0.25) is 0 Å². The number of carbonyl (C=O) groups is 1. The summed E-state index contributed by atoms with van der Waals surface area (Å²) in [5.74, 6) is 0.599. The molecule has 3 aromatic carbocycles. The minimum absolute atomic E-state index is 0.0542. The van der Waals surface area contributed by atoms with Gasteiger partial charge in [-0.1, -0.05) is 40.2 Å². The Hall–Kier alpha value is -2.66. The molecule has 1 saturated heterocycles. The molecule has 3 aromatic rings. The SMILES string of the molecule is CC(C)(C)OC(=O)N1[C@@H]2C[C@@H]2C[C@H]1C1=Nc2ccc(-c3ccc4cc(Br)ccc4c3)cc2C1. The zero-order valence-electron chi connectivity index (χ0n) is 19.1. The van der Waals surface area contributed by atoms with Crippen LogP contribution in [-0.4, -0.2) is 34.4 Å². The van der Waals surface area contributed by atoms with Crippen LogP contribution >= 0.6 is 15.9 Å². The van der Waals surface area contributed by atoms with E-state index in [1.165, 1.54) is 27.5 Å². The predicted octanol–water partition coefficient (Wildman–Crippen LogP) is 7.30. The normalized spacial score (nSPS) is 23.3. The third-order valence-corrected chi connectivity index (χ3v) is 7.44. The first-order chi connectivity index (χ1) is 15.7. The first-order valence-corrected chi connectivity index (χ1v) is 12.5. The van der Waals surface area contributed by atoms with Gasteiger partial charge in [-0.3, -0.25) is 9.89 Å². The molecule has 0 radical (unpaired) electrons. The second-order valence-electron chi connectivity index (χ2n) is 10.5. The summed E-state index contributed by atoms with van der Waals surface area (Å²) >= 11 is 3.55. The van der Waals surface area contributed by atoms with Crippen molar-refractivity contribution < 1.29 is 9.53 Å². The first-order valence-electron chi connectivity index (χ1n) is 11.7. The fourth-order valence-corrected chi connectivity index (χ4v) is 5.70. The molecule has 1 amide bonds. The fraction of sp³-hybridized carbons (Fsp3) is 0.357. The molecule has 0 unspecified atom stereocenters. The van der Waals surface area contributed by atoms with Crippen molar-refractivity contribution in [3.8, 4) is 11.1 Å². The topological polar surface area (TPSA) is 41.9 Å². The first kappa shape index (κ1) is 20.9. The van der Waals surface area contributed by atoms with Gasteiger partial charge in [0.1, 0.15) is 5.60 Å². The molecule has 4 nitrogen and oxygen atoms in total. The monoisotopic (exact) mass is 502 g/mol. The van der Waals surface area contributed by atoms with E-state index in [0.29, 0.717) is 12.0 Å². The minimum Gasteiger partial charge on any atom is -0.444 e. The summed E-state index contributed by atoms with van der Waals surface area (Å²) in [6, 6.07) is 19.9. The summed E-state index contributed by atoms with van der Waals surface area (Å²) < 4.78 is 6.83. The summed E-state index contributed by atoms with van der Waals surface area (Å²) in [6.07, 6.45) is 2.70. The van der Waals surface area contributed by atoms with Crippen molar-refractivity contribution in [3.05, 3.63) is 64.6 Å². The molecular formula is C28H27BrN2O2. The van der Waals surface area contributed by atoms with Gasteiger partial charge in [-0.25, -0.2) is 4.79 Å². The van der Waals surface area contributed by atoms with Gasteiger partial charge in [0.25, 0.3) is 0 Å². The number of ether oxygens (including phenoxy) is 1. The Balaban J connectivity index is 1.25. The highest BCUT2D eigenvalue weighted by molar-refractivity contribution is 9.10. The van der Waals surface area contributed by atoms with Gasteiger partial charge in [-0.15, -0.1) is 0 Å². The number of halogens is 1. The quantitative estimate of drug-likeness (QED) is 0.368. The Morgan fingerprint density at radius 3 is 2.55 bits per heavy atom. The van der Waals surface area contributed by atoms with Crippen LogP contribution in [0.4, 0.5) is 10.5 Å². The Kier molecular flexibility index (Phi) is 4.70. The van der Waals surface area contributed by atoms with E-state index in [1.807, 2.05) is 25.7 Å². The third kappa shape index (κ3) is 3.86. The Labute approximate surface area is 202 Å². The van der Waals surface area contributed by atoms with Crippen LogP contribution in [0.3, 0.4) is 0 Å². The van der Waals surface area contributed by atoms with Gasteiger partial charge in [-0.05, 0) is 97.3 Å². The maximum Gasteiger partial charge on any atom is 0.411 e. The zero-order chi connectivity index (χ0) is 22.9. The van der Waals surface area contributed by atoms with Crippen molar-refractivity contribution in [2.75, 3.05) is 0 Å². The number of amides is 1. The highest BCUT2D eigenvalue weighted by Gasteiger charge is 2.56. The van der Waals surface area contributed by atoms with E-state index >= 15 is 0 Å². The second kappa shape index (κ2) is 7.42. The van der Waals surface area contributed by atoms with Crippen LogP contribution < -0.4 is 0 Å². The molecule has 0 aromatic heterocycles. The van der Waals surface area contributed by atoms with Crippen LogP contribution in [0.15, 0.2) is 64.1 Å². The largest absolute Gasteiger partial charge is 0.444 e. The van der Waals surface area contributed by atoms with Gasteiger partial charge < -0.3 is 4.74 Å². The van der Waals surface area contributed by atoms with Crippen LogP contribution in [-0.2, 0) is 11.2 Å². The number of nitrogens with zero attached hydrogens (tertiary/aromatic N) is 2. The number of aliphatic imine (C=N–C) groups is 1. The summed E-state index contributed by atoms with van der Waals surface area (Å²) in [7, 11) is 0. The molecule has 5 heteroatoms. The van der Waals surface area contributed by atoms with Gasteiger partial charge >= 0.3 is 6.09 Å². The molecule has 3 aliphatic rings. The summed E-state index contributed by atoms with van der Waals surface area (Å²) in [6.45, 7) is 5.78. The second-order valence-corrected chi connectivity index (χ2v) is 11.4. The van der Waals surface area contributed by atoms with Crippen molar-refractivity contribution in [2.24, 2.45) is 10.9 Å². The minimum atomic E-state index is -0.486. The molecule has 2 heterocycles. The van der Waals surface area contributed by atoms with Gasteiger partial charge in [0, 0.05) is 22.6 Å². The number of benzene rings is 3. The number of hydrogen-bond acceptors (Lipinski definition) is 3. The molecule has 1 saturated carbocycles. The number of rotatable bonds is 2. The van der Waals surface area contributed by atoms with E-state index in [0.717, 1.165) is 35.1 Å². The van der Waals surface area contributed by atoms with E-state index < -0.39 is 5.60 Å². The van der Waals surface area contributed by atoms with Gasteiger partial charge in [-0.2, -0.15) is 0 Å². The smallest absolute Gasteiger partial charge is 0.411 e. The predicted molar refractivity (Wildman–Crippen MR) is 136 cm³/mol. The summed E-state index contributed by atoms with van der Waals surface area (Å²) in [5.41, 5.74) is 5.29. The number of hydrogen-bond donors (Lipinski definition) is 0. The van der Waals surface area contributed by atoms with Crippen molar-refractivity contribution in [3.63, 3.8) is 0 Å². The van der Waals surface area contributed by atoms with Crippen LogP contribution in [0.2, 0.25) is 0 Å². The molecule has 2 aliphatic heterocycles. The van der Waals surface area contributed by atoms with Crippen LogP contribution in [0.25, 0.3) is 21.9 Å². The molecule has 0 spiro atoms. The van der Waals surface area contributed by atoms with E-state index in [9.17, 15) is 4.79 Å². The average Bonchev–Trinajstić information content (AvgIpc) is 3.22. The van der Waals surface area contributed by atoms with Crippen molar-refractivity contribution in [1.82, 2.24) is 4.90 Å². The van der Waals surface area contributed by atoms with E-state index in [2.05, 4.69) is 70.5 Å². The highest BCUT2D eigenvalue weighted by atomic mass is 79.9. The molecule has 0 N–H and O–H groups in total. The molecular weight excluding hydrogens is 476 g/mol. The Morgan fingerprint density at radius 1 is 1.00 bits per heavy atom. The van der Waals surface area contributed by atoms with Crippen molar-refractivity contribution >= 4 is 44.2 Å². The zero-order valence-corrected chi connectivity index (χ0v) is 20.7. The molecule has 2 fully saturated rings. The summed E-state index contributed by atoms with van der Waals surface area (Å²) in [4.78, 5) is 19.9. The standard InChI is InChI=1S/C28H27BrN2O2/c1-28(2,3)33-27(32)31-25-14-21(25)15-26(31)24-13-20-11-18(7-9-23(20)30-24)16-4-5-19-12-22(29)8-6-17(19)10-16/h4-12,21,25-26H,13-15H2,1-3H3/t21-,25-,26+/m1/s1. The van der Waals surface area contributed by atoms with Crippen LogP contribution in [0, 0.1) is 5.92 Å².